The normalized spacial score (nSPS) is 8.67. The van der Waals surface area contributed by atoms with E-state index in [-0.39, 0.29) is 11.7 Å². The Morgan fingerprint density at radius 2 is 2.44 bits per heavy atom. The minimum atomic E-state index is -0.00386. The number of carbonyl (C=O) groups excluding carboxylic acids is 1. The van der Waals surface area contributed by atoms with Crippen LogP contribution in [0.5, 0.6) is 0 Å². The molecule has 0 bridgehead atoms. The van der Waals surface area contributed by atoms with Crippen molar-refractivity contribution < 1.29 is 4.79 Å². The van der Waals surface area contributed by atoms with Gasteiger partial charge in [0.25, 0.3) is 0 Å². The Kier molecular flexibility index (Phi) is 4.22. The molecule has 0 heterocycles. The van der Waals surface area contributed by atoms with Crippen LogP contribution in [0.2, 0.25) is 0 Å². The van der Waals surface area contributed by atoms with E-state index in [1.165, 1.54) is 11.1 Å². The first-order valence-electron chi connectivity index (χ1n) is 2.79. The second kappa shape index (κ2) is 4.44. The predicted octanol–water partition coefficient (Wildman–Crippen LogP) is 0.908. The number of rotatable bonds is 3. The lowest BCUT2D eigenvalue weighted by atomic mass is 10.5. The maximum absolute atomic E-state index is 10.8. The van der Waals surface area contributed by atoms with Gasteiger partial charge in [-0.05, 0) is 13.1 Å². The predicted molar refractivity (Wildman–Crippen MR) is 41.4 cm³/mol. The van der Waals surface area contributed by atoms with Crippen molar-refractivity contribution in [3.8, 4) is 0 Å². The number of carbonyl (C=O) groups is 1. The van der Waals surface area contributed by atoms with Crippen molar-refractivity contribution in [3.63, 3.8) is 0 Å². The Bertz CT molecular complexity index is 114. The van der Waals surface area contributed by atoms with E-state index in [4.69, 9.17) is 0 Å². The number of hydrogen-bond acceptors (Lipinski definition) is 2. The molecule has 0 saturated carbocycles. The first-order valence-corrected chi connectivity index (χ1v) is 3.42. The molecule has 0 N–H and O–H groups in total. The Morgan fingerprint density at radius 1 is 1.89 bits per heavy atom. The third-order valence-electron chi connectivity index (χ3n) is 1.02. The monoisotopic (exact) mass is 145 g/mol. The van der Waals surface area contributed by atoms with Gasteiger partial charge in [0.15, 0.2) is 0 Å². The first kappa shape index (κ1) is 8.56. The van der Waals surface area contributed by atoms with Gasteiger partial charge in [-0.25, -0.2) is 0 Å². The highest BCUT2D eigenvalue weighted by atomic mass is 32.1. The average molecular weight is 145 g/mol. The lowest BCUT2D eigenvalue weighted by Crippen LogP contribution is -2.25. The van der Waals surface area contributed by atoms with Gasteiger partial charge in [0, 0.05) is 6.54 Å². The van der Waals surface area contributed by atoms with Crippen molar-refractivity contribution in [3.05, 3.63) is 12.8 Å². The summed E-state index contributed by atoms with van der Waals surface area (Å²) in [5.41, 5.74) is 0. The molecule has 0 aromatic rings. The maximum Gasteiger partial charge on any atom is 0.236 e. The van der Waals surface area contributed by atoms with Gasteiger partial charge in [0.2, 0.25) is 5.91 Å². The lowest BCUT2D eigenvalue weighted by Gasteiger charge is -2.12. The van der Waals surface area contributed by atoms with E-state index >= 15 is 0 Å². The summed E-state index contributed by atoms with van der Waals surface area (Å²) in [6, 6.07) is 0. The summed E-state index contributed by atoms with van der Waals surface area (Å²) in [7, 11) is 0. The zero-order valence-electron chi connectivity index (χ0n) is 5.50. The van der Waals surface area contributed by atoms with E-state index in [1.807, 2.05) is 6.92 Å². The highest BCUT2D eigenvalue weighted by molar-refractivity contribution is 7.81. The van der Waals surface area contributed by atoms with E-state index in [0.717, 1.165) is 0 Å². The van der Waals surface area contributed by atoms with E-state index in [1.54, 1.807) is 0 Å². The second-order valence-corrected chi connectivity index (χ2v) is 1.84. The molecule has 1 amide bonds. The molecule has 0 rings (SSSR count). The van der Waals surface area contributed by atoms with Gasteiger partial charge in [-0.3, -0.25) is 4.79 Å². The summed E-state index contributed by atoms with van der Waals surface area (Å²) >= 11 is 3.82. The fraction of sp³-hybridized carbons (Fsp3) is 0.500. The molecule has 0 unspecified atom stereocenters. The SMILES string of the molecule is C=CN(CC)C(=O)CS. The van der Waals surface area contributed by atoms with Crippen LogP contribution in [0.1, 0.15) is 6.92 Å². The smallest absolute Gasteiger partial charge is 0.236 e. The van der Waals surface area contributed by atoms with Crippen LogP contribution in [0.4, 0.5) is 0 Å². The summed E-state index contributed by atoms with van der Waals surface area (Å²) < 4.78 is 0. The molecule has 0 radical (unpaired) electrons. The quantitative estimate of drug-likeness (QED) is 0.585. The van der Waals surface area contributed by atoms with Gasteiger partial charge in [-0.1, -0.05) is 6.58 Å². The van der Waals surface area contributed by atoms with Crippen molar-refractivity contribution >= 4 is 18.5 Å². The van der Waals surface area contributed by atoms with Gasteiger partial charge >= 0.3 is 0 Å². The van der Waals surface area contributed by atoms with Crippen LogP contribution in [-0.4, -0.2) is 23.1 Å². The summed E-state index contributed by atoms with van der Waals surface area (Å²) in [6.07, 6.45) is 1.51. The standard InChI is InChI=1S/C6H11NOS/c1-3-7(4-2)6(8)5-9/h3,9H,1,4-5H2,2H3. The van der Waals surface area contributed by atoms with Crippen LogP contribution < -0.4 is 0 Å². The molecule has 0 aliphatic carbocycles. The van der Waals surface area contributed by atoms with Gasteiger partial charge < -0.3 is 4.90 Å². The largest absolute Gasteiger partial charge is 0.319 e. The fourth-order valence-electron chi connectivity index (χ4n) is 0.498. The molecular formula is C6H11NOS. The summed E-state index contributed by atoms with van der Waals surface area (Å²) in [4.78, 5) is 12.3. The minimum Gasteiger partial charge on any atom is -0.319 e. The highest BCUT2D eigenvalue weighted by Crippen LogP contribution is 1.90. The van der Waals surface area contributed by atoms with Gasteiger partial charge in [0.1, 0.15) is 0 Å². The van der Waals surface area contributed by atoms with Crippen molar-refractivity contribution in [1.82, 2.24) is 4.90 Å². The van der Waals surface area contributed by atoms with E-state index in [0.29, 0.717) is 6.54 Å². The Hall–Kier alpha value is -0.440. The van der Waals surface area contributed by atoms with Crippen LogP contribution in [0, 0.1) is 0 Å². The molecule has 52 valence electrons. The molecule has 2 nitrogen and oxygen atoms in total. The van der Waals surface area contributed by atoms with Crippen molar-refractivity contribution in [2.75, 3.05) is 12.3 Å². The lowest BCUT2D eigenvalue weighted by molar-refractivity contribution is -0.125. The molecule has 0 aromatic carbocycles. The van der Waals surface area contributed by atoms with Crippen LogP contribution in [0.3, 0.4) is 0 Å². The Labute approximate surface area is 61.0 Å². The molecule has 0 aliphatic rings. The Balaban J connectivity index is 3.78. The van der Waals surface area contributed by atoms with Gasteiger partial charge in [0.05, 0.1) is 5.75 Å². The van der Waals surface area contributed by atoms with Crippen molar-refractivity contribution in [2.45, 2.75) is 6.92 Å². The average Bonchev–Trinajstić information content (AvgIpc) is 1.90. The number of amides is 1. The van der Waals surface area contributed by atoms with Crippen LogP contribution >= 0.6 is 12.6 Å². The van der Waals surface area contributed by atoms with Crippen LogP contribution in [0.25, 0.3) is 0 Å². The summed E-state index contributed by atoms with van der Waals surface area (Å²) in [5.74, 6) is 0.246. The minimum absolute atomic E-state index is 0.00386. The zero-order chi connectivity index (χ0) is 7.28. The van der Waals surface area contributed by atoms with Crippen molar-refractivity contribution in [1.29, 1.82) is 0 Å². The molecule has 0 atom stereocenters. The molecule has 0 aromatic heterocycles. The van der Waals surface area contributed by atoms with E-state index in [9.17, 15) is 4.79 Å². The van der Waals surface area contributed by atoms with Crippen LogP contribution in [-0.2, 0) is 4.79 Å². The van der Waals surface area contributed by atoms with E-state index in [2.05, 4.69) is 19.2 Å². The molecule has 0 saturated heterocycles. The number of hydrogen-bond donors (Lipinski definition) is 1. The molecule has 3 heteroatoms. The van der Waals surface area contributed by atoms with Crippen LogP contribution in [0.15, 0.2) is 12.8 Å². The zero-order valence-corrected chi connectivity index (χ0v) is 6.40. The number of nitrogens with zero attached hydrogens (tertiary/aromatic N) is 1. The molecule has 9 heavy (non-hydrogen) atoms. The Morgan fingerprint density at radius 3 is 2.56 bits per heavy atom. The number of thiol groups is 1. The maximum atomic E-state index is 10.8. The van der Waals surface area contributed by atoms with Gasteiger partial charge in [-0.15, -0.1) is 0 Å². The highest BCUT2D eigenvalue weighted by Gasteiger charge is 2.02. The third kappa shape index (κ3) is 2.56. The molecule has 0 spiro atoms. The fourth-order valence-corrected chi connectivity index (χ4v) is 0.680. The first-order chi connectivity index (χ1) is 4.26. The topological polar surface area (TPSA) is 20.3 Å². The van der Waals surface area contributed by atoms with E-state index < -0.39 is 0 Å². The molecule has 0 aliphatic heterocycles. The third-order valence-corrected chi connectivity index (χ3v) is 1.29. The second-order valence-electron chi connectivity index (χ2n) is 1.52. The molecule has 0 fully saturated rings. The summed E-state index contributed by atoms with van der Waals surface area (Å²) in [6.45, 7) is 6.03. The van der Waals surface area contributed by atoms with Gasteiger partial charge in [-0.2, -0.15) is 12.6 Å². The van der Waals surface area contributed by atoms with Crippen molar-refractivity contribution in [2.24, 2.45) is 0 Å². The molecular weight excluding hydrogens is 134 g/mol. The summed E-state index contributed by atoms with van der Waals surface area (Å²) in [5, 5.41) is 0.